The Kier molecular flexibility index (Phi) is 5.12. The van der Waals surface area contributed by atoms with Crippen molar-refractivity contribution in [2.75, 3.05) is 5.32 Å². The Morgan fingerprint density at radius 2 is 1.83 bits per heavy atom. The summed E-state index contributed by atoms with van der Waals surface area (Å²) in [4.78, 5) is 11.9. The number of benzene rings is 1. The molecule has 0 aliphatic rings. The fraction of sp³-hybridized carbons (Fsp3) is 0.368. The number of anilines is 1. The van der Waals surface area contributed by atoms with Crippen LogP contribution in [-0.4, -0.2) is 16.8 Å². The van der Waals surface area contributed by atoms with Gasteiger partial charge in [0.2, 0.25) is 0 Å². The van der Waals surface area contributed by atoms with Crippen LogP contribution < -0.4 is 10.7 Å². The second-order valence-electron chi connectivity index (χ2n) is 6.97. The molecule has 0 unspecified atom stereocenters. The van der Waals surface area contributed by atoms with E-state index in [-0.39, 0.29) is 11.6 Å². The maximum absolute atomic E-state index is 11.9. The summed E-state index contributed by atoms with van der Waals surface area (Å²) in [5, 5.41) is 6.85. The van der Waals surface area contributed by atoms with Crippen molar-refractivity contribution in [2.24, 2.45) is 5.10 Å². The first kappa shape index (κ1) is 17.8. The first-order chi connectivity index (χ1) is 11.2. The lowest BCUT2D eigenvalue weighted by atomic mass is 10.1. The van der Waals surface area contributed by atoms with Crippen molar-refractivity contribution in [3.63, 3.8) is 0 Å². The lowest BCUT2D eigenvalue weighted by Crippen LogP contribution is -2.25. The van der Waals surface area contributed by atoms with Gasteiger partial charge in [0.05, 0.1) is 6.21 Å². The minimum Gasteiger partial charge on any atom is -0.343 e. The van der Waals surface area contributed by atoms with E-state index >= 15 is 0 Å². The summed E-state index contributed by atoms with van der Waals surface area (Å²) in [5.41, 5.74) is 7.60. The number of para-hydroxylation sites is 1. The normalized spacial score (nSPS) is 11.8. The molecule has 5 nitrogen and oxygen atoms in total. The van der Waals surface area contributed by atoms with Crippen molar-refractivity contribution in [2.45, 2.75) is 47.1 Å². The monoisotopic (exact) mass is 326 g/mol. The van der Waals surface area contributed by atoms with Gasteiger partial charge in [-0.05, 0) is 59.2 Å². The Hall–Kier alpha value is -2.56. The van der Waals surface area contributed by atoms with Crippen molar-refractivity contribution in [3.8, 4) is 0 Å². The summed E-state index contributed by atoms with van der Waals surface area (Å²) in [6.45, 7) is 12.6. The van der Waals surface area contributed by atoms with Crippen LogP contribution in [0.5, 0.6) is 0 Å². The van der Waals surface area contributed by atoms with Gasteiger partial charge in [-0.3, -0.25) is 0 Å². The molecular formula is C19H26N4O. The number of nitrogens with one attached hydrogen (secondary N) is 2. The molecule has 0 spiro atoms. The van der Waals surface area contributed by atoms with Crippen molar-refractivity contribution < 1.29 is 4.79 Å². The Labute approximate surface area is 143 Å². The molecule has 2 aromatic rings. The smallest absolute Gasteiger partial charge is 0.339 e. The van der Waals surface area contributed by atoms with Gasteiger partial charge in [0.1, 0.15) is 0 Å². The van der Waals surface area contributed by atoms with Gasteiger partial charge in [-0.15, -0.1) is 0 Å². The second kappa shape index (κ2) is 6.91. The number of hydrazone groups is 1. The quantitative estimate of drug-likeness (QED) is 0.640. The Morgan fingerprint density at radius 3 is 2.42 bits per heavy atom. The Morgan fingerprint density at radius 1 is 1.17 bits per heavy atom. The topological polar surface area (TPSA) is 58.4 Å². The predicted octanol–water partition coefficient (Wildman–Crippen LogP) is 4.32. The molecule has 5 heteroatoms. The van der Waals surface area contributed by atoms with E-state index < -0.39 is 0 Å². The third-order valence-corrected chi connectivity index (χ3v) is 3.90. The van der Waals surface area contributed by atoms with Gasteiger partial charge in [-0.25, -0.2) is 10.2 Å². The number of aromatic nitrogens is 1. The lowest BCUT2D eigenvalue weighted by Gasteiger charge is -2.25. The third kappa shape index (κ3) is 4.04. The summed E-state index contributed by atoms with van der Waals surface area (Å²) in [6, 6.07) is 9.33. The molecule has 1 heterocycles. The molecule has 128 valence electrons. The number of carbonyl (C=O) groups excluding carboxylic acids is 1. The molecule has 2 rings (SSSR count). The molecule has 0 aliphatic carbocycles. The average molecular weight is 326 g/mol. The summed E-state index contributed by atoms with van der Waals surface area (Å²) in [5.74, 6) is 0. The first-order valence-electron chi connectivity index (χ1n) is 8.05. The largest absolute Gasteiger partial charge is 0.343 e. The highest BCUT2D eigenvalue weighted by Crippen LogP contribution is 2.23. The highest BCUT2D eigenvalue weighted by atomic mass is 16.2. The van der Waals surface area contributed by atoms with Gasteiger partial charge in [0.25, 0.3) is 0 Å². The van der Waals surface area contributed by atoms with Crippen molar-refractivity contribution in [1.82, 2.24) is 9.99 Å². The Bertz CT molecular complexity index is 766. The summed E-state index contributed by atoms with van der Waals surface area (Å²) >= 11 is 0. The van der Waals surface area contributed by atoms with E-state index in [2.05, 4.69) is 61.1 Å². The van der Waals surface area contributed by atoms with Crippen LogP contribution in [0.1, 0.15) is 43.3 Å². The molecule has 0 fully saturated rings. The Balaban J connectivity index is 2.05. The molecule has 1 aromatic carbocycles. The van der Waals surface area contributed by atoms with Gasteiger partial charge < -0.3 is 9.88 Å². The SMILES string of the molecule is Cc1ccccc1NC(=O)NN=Cc1cc(C)n(C(C)(C)C)c1C. The van der Waals surface area contributed by atoms with E-state index in [1.807, 2.05) is 31.2 Å². The minimum atomic E-state index is -0.356. The highest BCUT2D eigenvalue weighted by Gasteiger charge is 2.18. The summed E-state index contributed by atoms with van der Waals surface area (Å²) < 4.78 is 2.27. The van der Waals surface area contributed by atoms with Crippen LogP contribution in [0.2, 0.25) is 0 Å². The fourth-order valence-electron chi connectivity index (χ4n) is 2.97. The van der Waals surface area contributed by atoms with Gasteiger partial charge >= 0.3 is 6.03 Å². The number of nitrogens with zero attached hydrogens (tertiary/aromatic N) is 2. The van der Waals surface area contributed by atoms with Gasteiger partial charge in [0.15, 0.2) is 0 Å². The number of hydrogen-bond donors (Lipinski definition) is 2. The second-order valence-corrected chi connectivity index (χ2v) is 6.97. The predicted molar refractivity (Wildman–Crippen MR) is 99.8 cm³/mol. The molecule has 0 aliphatic heterocycles. The molecule has 0 bridgehead atoms. The molecule has 0 saturated carbocycles. The zero-order valence-electron chi connectivity index (χ0n) is 15.3. The van der Waals surface area contributed by atoms with E-state index in [0.29, 0.717) is 0 Å². The number of aryl methyl sites for hydroxylation is 2. The molecule has 2 N–H and O–H groups in total. The van der Waals surface area contributed by atoms with Gasteiger partial charge in [0, 0.05) is 28.2 Å². The molecule has 1 aromatic heterocycles. The van der Waals surface area contributed by atoms with Gasteiger partial charge in [-0.1, -0.05) is 18.2 Å². The maximum Gasteiger partial charge on any atom is 0.339 e. The number of rotatable bonds is 3. The van der Waals surface area contributed by atoms with Crippen molar-refractivity contribution in [1.29, 1.82) is 0 Å². The number of amides is 2. The van der Waals surface area contributed by atoms with E-state index in [0.717, 1.165) is 22.5 Å². The van der Waals surface area contributed by atoms with E-state index in [1.54, 1.807) is 6.21 Å². The average Bonchev–Trinajstić information content (AvgIpc) is 2.75. The molecule has 0 saturated heterocycles. The standard InChI is InChI=1S/C19H26N4O/c1-13-9-7-8-10-17(13)21-18(24)22-20-12-16-11-14(2)23(15(16)3)19(4,5)6/h7-12H,1-6H3,(H2,21,22,24). The van der Waals surface area contributed by atoms with Crippen molar-refractivity contribution >= 4 is 17.9 Å². The lowest BCUT2D eigenvalue weighted by molar-refractivity contribution is 0.252. The van der Waals surface area contributed by atoms with E-state index in [4.69, 9.17) is 0 Å². The van der Waals surface area contributed by atoms with Crippen molar-refractivity contribution in [3.05, 3.63) is 52.8 Å². The number of carbonyl (C=O) groups is 1. The van der Waals surface area contributed by atoms with E-state index in [1.165, 1.54) is 5.69 Å². The number of hydrogen-bond acceptors (Lipinski definition) is 2. The van der Waals surface area contributed by atoms with Crippen LogP contribution in [-0.2, 0) is 5.54 Å². The van der Waals surface area contributed by atoms with Crippen LogP contribution in [0, 0.1) is 20.8 Å². The van der Waals surface area contributed by atoms with Crippen LogP contribution in [0.15, 0.2) is 35.4 Å². The molecule has 2 amide bonds. The van der Waals surface area contributed by atoms with Crippen LogP contribution in [0.25, 0.3) is 0 Å². The minimum absolute atomic E-state index is 0.00982. The number of urea groups is 1. The molecular weight excluding hydrogens is 300 g/mol. The highest BCUT2D eigenvalue weighted by molar-refractivity contribution is 5.91. The van der Waals surface area contributed by atoms with E-state index in [9.17, 15) is 4.79 Å². The fourth-order valence-corrected chi connectivity index (χ4v) is 2.97. The molecule has 0 radical (unpaired) electrons. The first-order valence-corrected chi connectivity index (χ1v) is 8.05. The summed E-state index contributed by atoms with van der Waals surface area (Å²) in [6.07, 6.45) is 1.68. The van der Waals surface area contributed by atoms with Crippen LogP contribution in [0.4, 0.5) is 10.5 Å². The molecule has 24 heavy (non-hydrogen) atoms. The molecule has 0 atom stereocenters. The van der Waals surface area contributed by atoms with Gasteiger partial charge in [-0.2, -0.15) is 5.10 Å². The summed E-state index contributed by atoms with van der Waals surface area (Å²) in [7, 11) is 0. The zero-order chi connectivity index (χ0) is 17.9. The third-order valence-electron chi connectivity index (χ3n) is 3.90. The maximum atomic E-state index is 11.9. The van der Waals surface area contributed by atoms with Crippen LogP contribution in [0.3, 0.4) is 0 Å². The zero-order valence-corrected chi connectivity index (χ0v) is 15.3. The van der Waals surface area contributed by atoms with Crippen LogP contribution >= 0.6 is 0 Å².